The molecule has 0 amide bonds. The molecule has 32 heavy (non-hydrogen) atoms. The average molecular weight is 513 g/mol. The Morgan fingerprint density at radius 3 is 2.62 bits per heavy atom. The zero-order chi connectivity index (χ0) is 22.8. The van der Waals surface area contributed by atoms with Gasteiger partial charge in [0.05, 0.1) is 24.4 Å². The van der Waals surface area contributed by atoms with E-state index in [1.54, 1.807) is 13.1 Å². The second-order valence-electron chi connectivity index (χ2n) is 7.70. The Kier molecular flexibility index (Phi) is 6.62. The van der Waals surface area contributed by atoms with Crippen molar-refractivity contribution in [1.82, 2.24) is 19.8 Å². The minimum atomic E-state index is -0.301. The van der Waals surface area contributed by atoms with Crippen LogP contribution >= 0.6 is 28.1 Å². The highest BCUT2D eigenvalue weighted by Gasteiger charge is 2.42. The van der Waals surface area contributed by atoms with Gasteiger partial charge in [-0.05, 0) is 81.0 Å². The number of hydrogen-bond acceptors (Lipinski definition) is 4. The number of ether oxygens (including phenoxy) is 1. The van der Waals surface area contributed by atoms with Crippen LogP contribution in [-0.2, 0) is 9.53 Å². The van der Waals surface area contributed by atoms with E-state index in [9.17, 15) is 4.79 Å². The molecule has 0 aliphatic carbocycles. The van der Waals surface area contributed by atoms with Crippen LogP contribution in [0, 0.1) is 13.8 Å². The largest absolute Gasteiger partial charge is 0.465 e. The van der Waals surface area contributed by atoms with Crippen LogP contribution < -0.4 is 5.32 Å². The molecule has 8 heteroatoms. The van der Waals surface area contributed by atoms with E-state index in [0.717, 1.165) is 32.8 Å². The summed E-state index contributed by atoms with van der Waals surface area (Å²) in [5.41, 5.74) is 5.25. The highest BCUT2D eigenvalue weighted by Crippen LogP contribution is 2.41. The SMILES string of the molecule is CCOC(=O)CN1C(=S)N[C@H](c2ccccn2)[C@@H]1c1cc(C)n(-c2ccc(Br)cc2)c1C. The van der Waals surface area contributed by atoms with Gasteiger partial charge in [-0.1, -0.05) is 22.0 Å². The number of thiocarbonyl (C=S) groups is 1. The fourth-order valence-electron chi connectivity index (χ4n) is 4.33. The van der Waals surface area contributed by atoms with Gasteiger partial charge in [-0.25, -0.2) is 0 Å². The number of nitrogens with zero attached hydrogens (tertiary/aromatic N) is 3. The average Bonchev–Trinajstić information content (AvgIpc) is 3.25. The van der Waals surface area contributed by atoms with Crippen LogP contribution in [0.25, 0.3) is 5.69 Å². The van der Waals surface area contributed by atoms with E-state index in [4.69, 9.17) is 17.0 Å². The number of aromatic nitrogens is 2. The Balaban J connectivity index is 1.80. The zero-order valence-corrected chi connectivity index (χ0v) is 20.6. The first-order valence-electron chi connectivity index (χ1n) is 10.5. The van der Waals surface area contributed by atoms with Crippen LogP contribution in [0.1, 0.15) is 41.7 Å². The van der Waals surface area contributed by atoms with Crippen LogP contribution in [0.4, 0.5) is 0 Å². The van der Waals surface area contributed by atoms with Gasteiger partial charge in [-0.2, -0.15) is 0 Å². The van der Waals surface area contributed by atoms with Crippen molar-refractivity contribution >= 4 is 39.2 Å². The molecule has 6 nitrogen and oxygen atoms in total. The van der Waals surface area contributed by atoms with Crippen molar-refractivity contribution < 1.29 is 9.53 Å². The third-order valence-corrected chi connectivity index (χ3v) is 6.56. The number of carbonyl (C=O) groups is 1. The van der Waals surface area contributed by atoms with Crippen LogP contribution in [0.15, 0.2) is 59.2 Å². The van der Waals surface area contributed by atoms with Crippen molar-refractivity contribution in [2.24, 2.45) is 0 Å². The summed E-state index contributed by atoms with van der Waals surface area (Å²) >= 11 is 9.16. The molecule has 1 aromatic carbocycles. The number of rotatable bonds is 6. The van der Waals surface area contributed by atoms with Gasteiger partial charge in [0.25, 0.3) is 0 Å². The summed E-state index contributed by atoms with van der Waals surface area (Å²) in [6.07, 6.45) is 1.77. The first kappa shape index (κ1) is 22.5. The summed E-state index contributed by atoms with van der Waals surface area (Å²) in [5, 5.41) is 3.91. The molecule has 1 N–H and O–H groups in total. The highest BCUT2D eigenvalue weighted by molar-refractivity contribution is 9.10. The van der Waals surface area contributed by atoms with E-state index in [2.05, 4.69) is 62.8 Å². The van der Waals surface area contributed by atoms with E-state index in [1.165, 1.54) is 0 Å². The van der Waals surface area contributed by atoms with E-state index in [1.807, 2.05) is 35.2 Å². The molecule has 0 unspecified atom stereocenters. The number of halogens is 1. The second-order valence-corrected chi connectivity index (χ2v) is 9.00. The summed E-state index contributed by atoms with van der Waals surface area (Å²) in [4.78, 5) is 18.9. The quantitative estimate of drug-likeness (QED) is 0.378. The summed E-state index contributed by atoms with van der Waals surface area (Å²) in [6, 6.07) is 15.9. The Hall–Kier alpha value is -2.71. The van der Waals surface area contributed by atoms with Gasteiger partial charge in [0.15, 0.2) is 5.11 Å². The topological polar surface area (TPSA) is 59.4 Å². The molecule has 1 aliphatic rings. The molecule has 0 radical (unpaired) electrons. The highest BCUT2D eigenvalue weighted by atomic mass is 79.9. The predicted molar refractivity (Wildman–Crippen MR) is 132 cm³/mol. The molecular formula is C24H25BrN4O2S. The van der Waals surface area contributed by atoms with Crippen LogP contribution in [-0.4, -0.2) is 38.7 Å². The van der Waals surface area contributed by atoms with Crippen LogP contribution in [0.3, 0.4) is 0 Å². The molecule has 3 heterocycles. The van der Waals surface area contributed by atoms with Gasteiger partial charge in [-0.15, -0.1) is 0 Å². The first-order valence-corrected chi connectivity index (χ1v) is 11.7. The van der Waals surface area contributed by atoms with E-state index in [-0.39, 0.29) is 24.6 Å². The van der Waals surface area contributed by atoms with Gasteiger partial charge in [0, 0.05) is 27.7 Å². The van der Waals surface area contributed by atoms with Gasteiger partial charge in [-0.3, -0.25) is 9.78 Å². The molecule has 4 rings (SSSR count). The zero-order valence-electron chi connectivity index (χ0n) is 18.2. The lowest BCUT2D eigenvalue weighted by molar-refractivity contribution is -0.143. The molecule has 3 aromatic rings. The molecule has 2 aromatic heterocycles. The Morgan fingerprint density at radius 1 is 1.22 bits per heavy atom. The Labute approximate surface area is 201 Å². The Morgan fingerprint density at radius 2 is 1.97 bits per heavy atom. The maximum absolute atomic E-state index is 12.4. The van der Waals surface area contributed by atoms with Crippen molar-refractivity contribution in [3.63, 3.8) is 0 Å². The molecule has 1 fully saturated rings. The number of pyridine rings is 1. The molecule has 1 aliphatic heterocycles. The summed E-state index contributed by atoms with van der Waals surface area (Å²) in [5.74, 6) is -0.301. The summed E-state index contributed by atoms with van der Waals surface area (Å²) in [7, 11) is 0. The smallest absolute Gasteiger partial charge is 0.325 e. The number of hydrogen-bond donors (Lipinski definition) is 1. The predicted octanol–water partition coefficient (Wildman–Crippen LogP) is 4.79. The molecular weight excluding hydrogens is 488 g/mol. The van der Waals surface area contributed by atoms with Crippen molar-refractivity contribution in [1.29, 1.82) is 0 Å². The lowest BCUT2D eigenvalue weighted by Crippen LogP contribution is -2.35. The van der Waals surface area contributed by atoms with Crippen molar-refractivity contribution in [2.45, 2.75) is 32.9 Å². The lowest BCUT2D eigenvalue weighted by atomic mass is 9.97. The van der Waals surface area contributed by atoms with Crippen LogP contribution in [0.5, 0.6) is 0 Å². The fraction of sp³-hybridized carbons (Fsp3) is 0.292. The minimum Gasteiger partial charge on any atom is -0.465 e. The van der Waals surface area contributed by atoms with Crippen molar-refractivity contribution in [3.05, 3.63) is 81.8 Å². The van der Waals surface area contributed by atoms with E-state index >= 15 is 0 Å². The molecule has 0 saturated carbocycles. The van der Waals surface area contributed by atoms with Crippen molar-refractivity contribution in [3.8, 4) is 5.69 Å². The minimum absolute atomic E-state index is 0.0790. The van der Waals surface area contributed by atoms with Crippen molar-refractivity contribution in [2.75, 3.05) is 13.2 Å². The normalized spacial score (nSPS) is 18.0. The maximum atomic E-state index is 12.4. The Bertz CT molecular complexity index is 1130. The third-order valence-electron chi connectivity index (χ3n) is 5.68. The third kappa shape index (κ3) is 4.29. The van der Waals surface area contributed by atoms with Gasteiger partial charge < -0.3 is 19.5 Å². The number of benzene rings is 1. The summed E-state index contributed by atoms with van der Waals surface area (Å²) in [6.45, 7) is 6.40. The van der Waals surface area contributed by atoms with Gasteiger partial charge in [0.2, 0.25) is 0 Å². The summed E-state index contributed by atoms with van der Waals surface area (Å²) < 4.78 is 8.48. The molecule has 0 spiro atoms. The number of nitrogens with one attached hydrogen (secondary N) is 1. The molecule has 2 atom stereocenters. The number of esters is 1. The van der Waals surface area contributed by atoms with E-state index in [0.29, 0.717) is 11.7 Å². The van der Waals surface area contributed by atoms with Gasteiger partial charge >= 0.3 is 5.97 Å². The molecule has 166 valence electrons. The second kappa shape index (κ2) is 9.42. The number of carbonyl (C=O) groups excluding carboxylic acids is 1. The first-order chi connectivity index (χ1) is 15.4. The molecule has 1 saturated heterocycles. The van der Waals surface area contributed by atoms with Crippen LogP contribution in [0.2, 0.25) is 0 Å². The van der Waals surface area contributed by atoms with Gasteiger partial charge in [0.1, 0.15) is 6.54 Å². The fourth-order valence-corrected chi connectivity index (χ4v) is 4.90. The standard InChI is InChI=1S/C24H25BrN4O2S/c1-4-31-21(30)14-28-23(22(27-24(28)32)20-7-5-6-12-26-20)19-13-15(2)29(16(19)3)18-10-8-17(25)9-11-18/h5-13,22-23H,4,14H2,1-3H3,(H,27,32)/t22-,23+/m1/s1. The number of aryl methyl sites for hydroxylation is 1. The lowest BCUT2D eigenvalue weighted by Gasteiger charge is -2.27. The maximum Gasteiger partial charge on any atom is 0.325 e. The van der Waals surface area contributed by atoms with E-state index < -0.39 is 0 Å². The monoisotopic (exact) mass is 512 g/mol. The molecule has 0 bridgehead atoms.